The van der Waals surface area contributed by atoms with Gasteiger partial charge in [-0.15, -0.1) is 0 Å². The first-order valence-corrected chi connectivity index (χ1v) is 9.45. The Morgan fingerprint density at radius 3 is 2.64 bits per heavy atom. The molecule has 0 bridgehead atoms. The van der Waals surface area contributed by atoms with Crippen molar-refractivity contribution in [3.8, 4) is 0 Å². The Balaban J connectivity index is 1.87. The Morgan fingerprint density at radius 2 is 2.05 bits per heavy atom. The van der Waals surface area contributed by atoms with Gasteiger partial charge in [-0.2, -0.15) is 0 Å². The van der Waals surface area contributed by atoms with E-state index in [2.05, 4.69) is 0 Å². The van der Waals surface area contributed by atoms with E-state index in [0.717, 1.165) is 12.0 Å². The quantitative estimate of drug-likeness (QED) is 0.764. The second kappa shape index (κ2) is 7.74. The number of sulfone groups is 1. The van der Waals surface area contributed by atoms with Gasteiger partial charge in [0.1, 0.15) is 6.61 Å². The van der Waals surface area contributed by atoms with Gasteiger partial charge in [0.2, 0.25) is 5.91 Å². The van der Waals surface area contributed by atoms with Gasteiger partial charge in [0.05, 0.1) is 18.1 Å². The van der Waals surface area contributed by atoms with Gasteiger partial charge >= 0.3 is 0 Å². The number of carbonyl (C=O) groups excluding carboxylic acids is 1. The molecule has 5 nitrogen and oxygen atoms in total. The minimum absolute atomic E-state index is 0.00849. The van der Waals surface area contributed by atoms with E-state index in [-0.39, 0.29) is 30.1 Å². The van der Waals surface area contributed by atoms with Crippen LogP contribution in [0.25, 0.3) is 0 Å². The molecule has 1 fully saturated rings. The van der Waals surface area contributed by atoms with Crippen LogP contribution in [0.3, 0.4) is 0 Å². The molecule has 22 heavy (non-hydrogen) atoms. The van der Waals surface area contributed by atoms with Crippen LogP contribution < -0.4 is 0 Å². The summed E-state index contributed by atoms with van der Waals surface area (Å²) in [6.07, 6.45) is 1.34. The molecule has 1 atom stereocenters. The summed E-state index contributed by atoms with van der Waals surface area (Å²) in [6.45, 7) is 2.93. The van der Waals surface area contributed by atoms with Crippen LogP contribution in [0.15, 0.2) is 30.3 Å². The number of hydrogen-bond acceptors (Lipinski definition) is 4. The molecule has 0 saturated carbocycles. The van der Waals surface area contributed by atoms with Crippen molar-refractivity contribution in [1.29, 1.82) is 0 Å². The molecule has 0 spiro atoms. The van der Waals surface area contributed by atoms with Crippen molar-refractivity contribution < 1.29 is 17.9 Å². The molecule has 1 amide bonds. The van der Waals surface area contributed by atoms with Gasteiger partial charge in [0, 0.05) is 12.6 Å². The van der Waals surface area contributed by atoms with Gasteiger partial charge in [0.25, 0.3) is 0 Å². The Kier molecular flexibility index (Phi) is 5.97. The van der Waals surface area contributed by atoms with Crippen molar-refractivity contribution in [3.05, 3.63) is 35.9 Å². The Morgan fingerprint density at radius 1 is 1.32 bits per heavy atom. The molecule has 1 aromatic carbocycles. The van der Waals surface area contributed by atoms with E-state index in [1.165, 1.54) is 0 Å². The molecule has 1 aliphatic heterocycles. The fraction of sp³-hybridized carbons (Fsp3) is 0.562. The molecule has 1 aromatic rings. The smallest absolute Gasteiger partial charge is 0.248 e. The van der Waals surface area contributed by atoms with E-state index < -0.39 is 9.84 Å². The SMILES string of the molecule is CCCN(C(=O)COCc1ccccc1)C1CCS(=O)(=O)C1. The fourth-order valence-corrected chi connectivity index (χ4v) is 4.42. The molecule has 122 valence electrons. The number of amides is 1. The second-order valence-corrected chi connectivity index (χ2v) is 7.85. The van der Waals surface area contributed by atoms with Crippen molar-refractivity contribution in [2.45, 2.75) is 32.4 Å². The molecule has 1 saturated heterocycles. The lowest BCUT2D eigenvalue weighted by Crippen LogP contribution is -2.43. The summed E-state index contributed by atoms with van der Waals surface area (Å²) in [5.74, 6) is 0.132. The van der Waals surface area contributed by atoms with Crippen LogP contribution in [0.2, 0.25) is 0 Å². The first-order valence-electron chi connectivity index (χ1n) is 7.63. The van der Waals surface area contributed by atoms with Crippen molar-refractivity contribution in [1.82, 2.24) is 4.90 Å². The molecule has 0 aliphatic carbocycles. The molecule has 1 heterocycles. The molecular weight excluding hydrogens is 302 g/mol. The number of hydrogen-bond donors (Lipinski definition) is 0. The van der Waals surface area contributed by atoms with Crippen molar-refractivity contribution in [2.24, 2.45) is 0 Å². The van der Waals surface area contributed by atoms with Crippen LogP contribution in [-0.2, 0) is 26.0 Å². The predicted molar refractivity (Wildman–Crippen MR) is 85.2 cm³/mol. The van der Waals surface area contributed by atoms with Crippen LogP contribution in [0.5, 0.6) is 0 Å². The van der Waals surface area contributed by atoms with Crippen LogP contribution >= 0.6 is 0 Å². The van der Waals surface area contributed by atoms with Crippen LogP contribution in [0.1, 0.15) is 25.3 Å². The summed E-state index contributed by atoms with van der Waals surface area (Å²) in [4.78, 5) is 14.0. The van der Waals surface area contributed by atoms with Crippen molar-refractivity contribution >= 4 is 15.7 Å². The van der Waals surface area contributed by atoms with Gasteiger partial charge in [-0.3, -0.25) is 4.79 Å². The first kappa shape index (κ1) is 17.0. The fourth-order valence-electron chi connectivity index (χ4n) is 2.69. The van der Waals surface area contributed by atoms with Gasteiger partial charge < -0.3 is 9.64 Å². The Labute approximate surface area is 132 Å². The molecule has 6 heteroatoms. The summed E-state index contributed by atoms with van der Waals surface area (Å²) in [6, 6.07) is 9.46. The second-order valence-electron chi connectivity index (χ2n) is 5.62. The molecule has 0 radical (unpaired) electrons. The lowest BCUT2D eigenvalue weighted by Gasteiger charge is -2.27. The number of carbonyl (C=O) groups is 1. The highest BCUT2D eigenvalue weighted by Crippen LogP contribution is 2.18. The van der Waals surface area contributed by atoms with E-state index in [0.29, 0.717) is 19.6 Å². The van der Waals surface area contributed by atoms with E-state index in [1.807, 2.05) is 37.3 Å². The van der Waals surface area contributed by atoms with E-state index in [1.54, 1.807) is 4.90 Å². The number of benzene rings is 1. The zero-order valence-corrected chi connectivity index (χ0v) is 13.7. The zero-order valence-electron chi connectivity index (χ0n) is 12.9. The molecular formula is C16H23NO4S. The predicted octanol–water partition coefficient (Wildman–Crippen LogP) is 1.63. The summed E-state index contributed by atoms with van der Waals surface area (Å²) >= 11 is 0. The third kappa shape index (κ3) is 4.81. The van der Waals surface area contributed by atoms with E-state index in [4.69, 9.17) is 4.74 Å². The van der Waals surface area contributed by atoms with Gasteiger partial charge in [-0.25, -0.2) is 8.42 Å². The Bertz CT molecular complexity index is 585. The van der Waals surface area contributed by atoms with Crippen LogP contribution in [0, 0.1) is 0 Å². The summed E-state index contributed by atoms with van der Waals surface area (Å²) in [5.41, 5.74) is 1.01. The number of ether oxygens (including phenoxy) is 1. The molecule has 2 rings (SSSR count). The standard InChI is InChI=1S/C16H23NO4S/c1-2-9-17(15-8-10-22(19,20)13-15)16(18)12-21-11-14-6-4-3-5-7-14/h3-7,15H,2,8-13H2,1H3. The average molecular weight is 325 g/mol. The normalized spacial score (nSPS) is 20.0. The third-order valence-corrected chi connectivity index (χ3v) is 5.52. The lowest BCUT2D eigenvalue weighted by atomic mass is 10.2. The minimum Gasteiger partial charge on any atom is -0.367 e. The zero-order chi connectivity index (χ0) is 16.0. The number of rotatable bonds is 7. The minimum atomic E-state index is -2.99. The maximum Gasteiger partial charge on any atom is 0.248 e. The first-order chi connectivity index (χ1) is 10.5. The van der Waals surface area contributed by atoms with Gasteiger partial charge in [0.15, 0.2) is 9.84 Å². The van der Waals surface area contributed by atoms with Gasteiger partial charge in [-0.05, 0) is 18.4 Å². The molecule has 1 aliphatic rings. The summed E-state index contributed by atoms with van der Waals surface area (Å²) < 4.78 is 28.7. The monoisotopic (exact) mass is 325 g/mol. The largest absolute Gasteiger partial charge is 0.367 e. The highest BCUT2D eigenvalue weighted by Gasteiger charge is 2.34. The third-order valence-electron chi connectivity index (χ3n) is 3.77. The van der Waals surface area contributed by atoms with Crippen molar-refractivity contribution in [3.63, 3.8) is 0 Å². The Hall–Kier alpha value is -1.40. The van der Waals surface area contributed by atoms with Gasteiger partial charge in [-0.1, -0.05) is 37.3 Å². The maximum atomic E-state index is 12.3. The lowest BCUT2D eigenvalue weighted by molar-refractivity contribution is -0.138. The van der Waals surface area contributed by atoms with E-state index in [9.17, 15) is 13.2 Å². The van der Waals surface area contributed by atoms with Crippen molar-refractivity contribution in [2.75, 3.05) is 24.7 Å². The molecule has 0 N–H and O–H groups in total. The highest BCUT2D eigenvalue weighted by atomic mass is 32.2. The van der Waals surface area contributed by atoms with Crippen LogP contribution in [0.4, 0.5) is 0 Å². The average Bonchev–Trinajstić information content (AvgIpc) is 2.85. The van der Waals surface area contributed by atoms with E-state index >= 15 is 0 Å². The molecule has 0 aromatic heterocycles. The summed E-state index contributed by atoms with van der Waals surface area (Å²) in [5, 5.41) is 0. The number of nitrogens with zero attached hydrogens (tertiary/aromatic N) is 1. The molecule has 1 unspecified atom stereocenters. The summed E-state index contributed by atoms with van der Waals surface area (Å²) in [7, 11) is -2.99. The topological polar surface area (TPSA) is 63.7 Å². The van der Waals surface area contributed by atoms with Crippen LogP contribution in [-0.4, -0.2) is 49.9 Å². The highest BCUT2D eigenvalue weighted by molar-refractivity contribution is 7.91. The maximum absolute atomic E-state index is 12.3.